The molecule has 32 heavy (non-hydrogen) atoms. The molecule has 0 fully saturated rings. The Kier molecular flexibility index (Phi) is 7.56. The van der Waals surface area contributed by atoms with Crippen LogP contribution in [0.3, 0.4) is 0 Å². The van der Waals surface area contributed by atoms with Gasteiger partial charge in [0.1, 0.15) is 23.9 Å². The molecule has 168 valence electrons. The number of benzene rings is 3. The van der Waals surface area contributed by atoms with Crippen LogP contribution in [0.1, 0.15) is 10.4 Å². The van der Waals surface area contributed by atoms with E-state index in [1.807, 2.05) is 12.1 Å². The Balaban J connectivity index is 1.52. The minimum absolute atomic E-state index is 0.0474. The molecule has 3 rings (SSSR count). The van der Waals surface area contributed by atoms with Crippen LogP contribution in [0.2, 0.25) is 0 Å². The fraction of sp³-hybridized carbons (Fsp3) is 0.174. The average molecular weight is 457 g/mol. The lowest BCUT2D eigenvalue weighted by Gasteiger charge is -2.10. The highest BCUT2D eigenvalue weighted by Gasteiger charge is 2.15. The third kappa shape index (κ3) is 6.14. The molecule has 3 aromatic carbocycles. The van der Waals surface area contributed by atoms with Crippen molar-refractivity contribution in [1.82, 2.24) is 5.32 Å². The third-order valence-corrected chi connectivity index (χ3v) is 5.86. The molecule has 1 amide bonds. The van der Waals surface area contributed by atoms with Gasteiger partial charge in [0, 0.05) is 17.3 Å². The first kappa shape index (κ1) is 23.0. The maximum atomic E-state index is 12.6. The fourth-order valence-corrected chi connectivity index (χ4v) is 3.84. The molecule has 0 heterocycles. The van der Waals surface area contributed by atoms with Crippen molar-refractivity contribution in [3.63, 3.8) is 0 Å². The zero-order chi connectivity index (χ0) is 23.0. The fourth-order valence-electron chi connectivity index (χ4n) is 2.79. The van der Waals surface area contributed by atoms with E-state index in [0.29, 0.717) is 28.5 Å². The number of hydrogen-bond acceptors (Lipinski definition) is 6. The molecule has 0 bridgehead atoms. The van der Waals surface area contributed by atoms with Gasteiger partial charge in [-0.25, -0.2) is 8.42 Å². The summed E-state index contributed by atoms with van der Waals surface area (Å²) in [6.45, 7) is 0.562. The summed E-state index contributed by atoms with van der Waals surface area (Å²) < 4.78 is 43.4. The Morgan fingerprint density at radius 1 is 0.844 bits per heavy atom. The summed E-state index contributed by atoms with van der Waals surface area (Å²) in [5.41, 5.74) is 0.749. The van der Waals surface area contributed by atoms with Crippen LogP contribution < -0.4 is 24.2 Å². The lowest BCUT2D eigenvalue weighted by atomic mass is 10.2. The summed E-state index contributed by atoms with van der Waals surface area (Å²) in [6.07, 6.45) is 0. The van der Waals surface area contributed by atoms with Crippen LogP contribution in [0.15, 0.2) is 77.7 Å². The van der Waals surface area contributed by atoms with Gasteiger partial charge in [-0.15, -0.1) is 0 Å². The Morgan fingerprint density at radius 3 is 2.16 bits per heavy atom. The summed E-state index contributed by atoms with van der Waals surface area (Å²) in [6, 6.07) is 19.4. The molecule has 0 atom stereocenters. The van der Waals surface area contributed by atoms with Gasteiger partial charge in [-0.05, 0) is 60.7 Å². The third-order valence-electron chi connectivity index (χ3n) is 4.47. The maximum Gasteiger partial charge on any atom is 0.261 e. The Labute approximate surface area is 187 Å². The van der Waals surface area contributed by atoms with E-state index in [9.17, 15) is 13.2 Å². The van der Waals surface area contributed by atoms with Gasteiger partial charge in [0.25, 0.3) is 15.9 Å². The van der Waals surface area contributed by atoms with E-state index in [4.69, 9.17) is 14.2 Å². The molecular weight excluding hydrogens is 432 g/mol. The topological polar surface area (TPSA) is 103 Å². The van der Waals surface area contributed by atoms with E-state index in [-0.39, 0.29) is 24.0 Å². The van der Waals surface area contributed by atoms with Crippen molar-refractivity contribution in [3.8, 4) is 17.2 Å². The molecule has 0 aliphatic rings. The molecule has 0 unspecified atom stereocenters. The van der Waals surface area contributed by atoms with Gasteiger partial charge >= 0.3 is 0 Å². The number of hydrogen-bond donors (Lipinski definition) is 2. The summed E-state index contributed by atoms with van der Waals surface area (Å²) in [5, 5.41) is 2.73. The number of methoxy groups -OCH3 is 2. The zero-order valence-electron chi connectivity index (χ0n) is 17.7. The lowest BCUT2D eigenvalue weighted by Crippen LogP contribution is -2.28. The number of carbonyl (C=O) groups excluding carboxylic acids is 1. The van der Waals surface area contributed by atoms with Crippen LogP contribution in [-0.4, -0.2) is 41.7 Å². The number of ether oxygens (including phenoxy) is 3. The minimum Gasteiger partial charge on any atom is -0.497 e. The zero-order valence-corrected chi connectivity index (χ0v) is 18.5. The number of carbonyl (C=O) groups is 1. The number of anilines is 1. The van der Waals surface area contributed by atoms with Crippen molar-refractivity contribution in [3.05, 3.63) is 78.4 Å². The molecule has 0 aliphatic heterocycles. The SMILES string of the molecule is COc1ccc(NS(=O)(=O)c2ccc(C(=O)NCCOc3cccc(OC)c3)cc2)cc1. The molecule has 0 aliphatic carbocycles. The largest absolute Gasteiger partial charge is 0.497 e. The standard InChI is InChI=1S/C23H24N2O6S/c1-29-19-10-8-18(9-11-19)25-32(27,28)22-12-6-17(7-13-22)23(26)24-14-15-31-21-5-3-4-20(16-21)30-2/h3-13,16,25H,14-15H2,1-2H3,(H,24,26). The highest BCUT2D eigenvalue weighted by molar-refractivity contribution is 7.92. The Hall–Kier alpha value is -3.72. The average Bonchev–Trinajstić information content (AvgIpc) is 2.82. The summed E-state index contributed by atoms with van der Waals surface area (Å²) >= 11 is 0. The normalized spacial score (nSPS) is 10.8. The van der Waals surface area contributed by atoms with Gasteiger partial charge in [-0.3, -0.25) is 9.52 Å². The molecule has 0 saturated heterocycles. The second-order valence-electron chi connectivity index (χ2n) is 6.64. The predicted molar refractivity (Wildman–Crippen MR) is 121 cm³/mol. The van der Waals surface area contributed by atoms with Crippen LogP contribution in [0, 0.1) is 0 Å². The van der Waals surface area contributed by atoms with Gasteiger partial charge in [0.15, 0.2) is 0 Å². The van der Waals surface area contributed by atoms with Crippen LogP contribution in [0.25, 0.3) is 0 Å². The van der Waals surface area contributed by atoms with E-state index in [2.05, 4.69) is 10.0 Å². The van der Waals surface area contributed by atoms with Gasteiger partial charge < -0.3 is 19.5 Å². The lowest BCUT2D eigenvalue weighted by molar-refractivity contribution is 0.0947. The summed E-state index contributed by atoms with van der Waals surface area (Å²) in [4.78, 5) is 12.4. The van der Waals surface area contributed by atoms with Gasteiger partial charge in [-0.2, -0.15) is 0 Å². The van der Waals surface area contributed by atoms with E-state index in [0.717, 1.165) is 0 Å². The van der Waals surface area contributed by atoms with Crippen LogP contribution in [0.5, 0.6) is 17.2 Å². The Morgan fingerprint density at radius 2 is 1.50 bits per heavy atom. The minimum atomic E-state index is -3.79. The molecule has 3 aromatic rings. The molecule has 2 N–H and O–H groups in total. The van der Waals surface area contributed by atoms with E-state index in [1.54, 1.807) is 43.5 Å². The predicted octanol–water partition coefficient (Wildman–Crippen LogP) is 3.31. The summed E-state index contributed by atoms with van der Waals surface area (Å²) in [7, 11) is -0.679. The van der Waals surface area contributed by atoms with Crippen molar-refractivity contribution in [2.75, 3.05) is 32.1 Å². The first-order valence-electron chi connectivity index (χ1n) is 9.73. The molecule has 0 aromatic heterocycles. The summed E-state index contributed by atoms with van der Waals surface area (Å²) in [5.74, 6) is 1.61. The molecule has 9 heteroatoms. The first-order valence-corrected chi connectivity index (χ1v) is 11.2. The molecule has 0 spiro atoms. The smallest absolute Gasteiger partial charge is 0.261 e. The van der Waals surface area contributed by atoms with Crippen LogP contribution >= 0.6 is 0 Å². The van der Waals surface area contributed by atoms with Crippen molar-refractivity contribution < 1.29 is 27.4 Å². The van der Waals surface area contributed by atoms with Crippen LogP contribution in [0.4, 0.5) is 5.69 Å². The van der Waals surface area contributed by atoms with Gasteiger partial charge in [0.2, 0.25) is 0 Å². The van der Waals surface area contributed by atoms with Gasteiger partial charge in [0.05, 0.1) is 25.7 Å². The number of rotatable bonds is 10. The van der Waals surface area contributed by atoms with E-state index in [1.165, 1.54) is 31.4 Å². The highest BCUT2D eigenvalue weighted by Crippen LogP contribution is 2.20. The van der Waals surface area contributed by atoms with Crippen molar-refractivity contribution in [1.29, 1.82) is 0 Å². The van der Waals surface area contributed by atoms with Crippen molar-refractivity contribution in [2.45, 2.75) is 4.90 Å². The second kappa shape index (κ2) is 10.5. The number of amides is 1. The van der Waals surface area contributed by atoms with Gasteiger partial charge in [-0.1, -0.05) is 6.07 Å². The molecule has 8 nitrogen and oxygen atoms in total. The molecule has 0 saturated carbocycles. The number of sulfonamides is 1. The molecular formula is C23H24N2O6S. The second-order valence-corrected chi connectivity index (χ2v) is 8.32. The van der Waals surface area contributed by atoms with E-state index < -0.39 is 10.0 Å². The number of nitrogens with one attached hydrogen (secondary N) is 2. The quantitative estimate of drug-likeness (QED) is 0.454. The maximum absolute atomic E-state index is 12.6. The highest BCUT2D eigenvalue weighted by atomic mass is 32.2. The Bertz CT molecular complexity index is 1150. The van der Waals surface area contributed by atoms with Crippen molar-refractivity contribution in [2.24, 2.45) is 0 Å². The first-order chi connectivity index (χ1) is 15.4. The monoisotopic (exact) mass is 456 g/mol. The van der Waals surface area contributed by atoms with Crippen molar-refractivity contribution >= 4 is 21.6 Å². The van der Waals surface area contributed by atoms with Crippen LogP contribution in [-0.2, 0) is 10.0 Å². The molecule has 0 radical (unpaired) electrons. The van der Waals surface area contributed by atoms with E-state index >= 15 is 0 Å².